The third kappa shape index (κ3) is 5.82. The maximum Gasteiger partial charge on any atom is 0.338 e. The van der Waals surface area contributed by atoms with Crippen LogP contribution in [0.1, 0.15) is 35.2 Å². The van der Waals surface area contributed by atoms with E-state index in [9.17, 15) is 14.0 Å². The minimum absolute atomic E-state index is 0.144. The van der Waals surface area contributed by atoms with Crippen LogP contribution in [-0.2, 0) is 16.1 Å². The smallest absolute Gasteiger partial charge is 0.338 e. The molecule has 0 fully saturated rings. The zero-order valence-corrected chi connectivity index (χ0v) is 24.1. The SMILES string of the molecule is CCOC(=O)C1=C(c2ccccc2)N=c2s/c(=C/c3ccccc3OCc3ccccc3)c(=O)n2[C@@H]1c1ccc(F)cc1. The molecule has 1 aliphatic heterocycles. The zero-order chi connectivity index (χ0) is 29.8. The van der Waals surface area contributed by atoms with E-state index in [2.05, 4.69) is 0 Å². The van der Waals surface area contributed by atoms with Gasteiger partial charge in [0.05, 0.1) is 28.5 Å². The number of hydrogen-bond acceptors (Lipinski definition) is 6. The zero-order valence-electron chi connectivity index (χ0n) is 23.3. The Labute approximate surface area is 251 Å². The second-order valence-electron chi connectivity index (χ2n) is 9.80. The molecule has 6 nitrogen and oxygen atoms in total. The fourth-order valence-corrected chi connectivity index (χ4v) is 6.00. The van der Waals surface area contributed by atoms with Crippen molar-refractivity contribution in [3.63, 3.8) is 0 Å². The largest absolute Gasteiger partial charge is 0.488 e. The van der Waals surface area contributed by atoms with Gasteiger partial charge in [-0.05, 0) is 42.3 Å². The quantitative estimate of drug-likeness (QED) is 0.219. The number of hydrogen-bond donors (Lipinski definition) is 0. The van der Waals surface area contributed by atoms with Crippen molar-refractivity contribution >= 4 is 29.1 Å². The van der Waals surface area contributed by atoms with Gasteiger partial charge in [0.2, 0.25) is 0 Å². The number of carbonyl (C=O) groups is 1. The van der Waals surface area contributed by atoms with Crippen molar-refractivity contribution in [3.05, 3.63) is 163 Å². The highest BCUT2D eigenvalue weighted by molar-refractivity contribution is 7.07. The van der Waals surface area contributed by atoms with Crippen molar-refractivity contribution in [2.24, 2.45) is 4.99 Å². The van der Waals surface area contributed by atoms with E-state index in [4.69, 9.17) is 14.5 Å². The molecule has 43 heavy (non-hydrogen) atoms. The van der Waals surface area contributed by atoms with Crippen LogP contribution in [0.5, 0.6) is 5.75 Å². The van der Waals surface area contributed by atoms with Gasteiger partial charge in [-0.25, -0.2) is 14.2 Å². The number of benzene rings is 4. The molecule has 4 aromatic carbocycles. The van der Waals surface area contributed by atoms with Crippen LogP contribution in [0.15, 0.2) is 125 Å². The van der Waals surface area contributed by atoms with Gasteiger partial charge in [0.1, 0.15) is 18.2 Å². The first-order valence-corrected chi connectivity index (χ1v) is 14.6. The summed E-state index contributed by atoms with van der Waals surface area (Å²) in [5.41, 5.74) is 3.32. The summed E-state index contributed by atoms with van der Waals surface area (Å²) in [5, 5.41) is 0. The Balaban J connectivity index is 1.53. The minimum Gasteiger partial charge on any atom is -0.488 e. The Morgan fingerprint density at radius 1 is 0.930 bits per heavy atom. The van der Waals surface area contributed by atoms with Crippen LogP contribution in [0.25, 0.3) is 11.8 Å². The molecule has 1 atom stereocenters. The van der Waals surface area contributed by atoms with Crippen LogP contribution in [0.3, 0.4) is 0 Å². The van der Waals surface area contributed by atoms with E-state index in [1.54, 1.807) is 25.1 Å². The van der Waals surface area contributed by atoms with Crippen LogP contribution >= 0.6 is 11.3 Å². The number of para-hydroxylation sites is 1. The Morgan fingerprint density at radius 3 is 2.33 bits per heavy atom. The third-order valence-corrected chi connectivity index (χ3v) is 7.99. The summed E-state index contributed by atoms with van der Waals surface area (Å²) in [6, 6.07) is 31.6. The maximum atomic E-state index is 14.1. The van der Waals surface area contributed by atoms with Gasteiger partial charge >= 0.3 is 5.97 Å². The lowest BCUT2D eigenvalue weighted by Crippen LogP contribution is -2.40. The summed E-state index contributed by atoms with van der Waals surface area (Å²) in [4.78, 5) is 32.9. The van der Waals surface area contributed by atoms with Crippen molar-refractivity contribution in [3.8, 4) is 5.75 Å². The number of nitrogens with zero attached hydrogens (tertiary/aromatic N) is 2. The fraction of sp³-hybridized carbons (Fsp3) is 0.114. The van der Waals surface area contributed by atoms with Gasteiger partial charge in [-0.2, -0.15) is 0 Å². The molecule has 0 saturated heterocycles. The van der Waals surface area contributed by atoms with E-state index in [1.165, 1.54) is 28.0 Å². The highest BCUT2D eigenvalue weighted by Gasteiger charge is 2.35. The van der Waals surface area contributed by atoms with Gasteiger partial charge in [0, 0.05) is 11.1 Å². The molecule has 6 rings (SSSR count). The summed E-state index contributed by atoms with van der Waals surface area (Å²) in [5.74, 6) is -0.383. The second-order valence-corrected chi connectivity index (χ2v) is 10.8. The molecule has 214 valence electrons. The number of fused-ring (bicyclic) bond motifs is 1. The van der Waals surface area contributed by atoms with Crippen LogP contribution in [-0.4, -0.2) is 17.1 Å². The Kier molecular flexibility index (Phi) is 8.11. The average molecular weight is 591 g/mol. The van der Waals surface area contributed by atoms with Gasteiger partial charge in [0.15, 0.2) is 4.80 Å². The number of ether oxygens (including phenoxy) is 2. The van der Waals surface area contributed by atoms with Crippen LogP contribution in [0.2, 0.25) is 0 Å². The van der Waals surface area contributed by atoms with Crippen molar-refractivity contribution in [1.82, 2.24) is 4.57 Å². The first kappa shape index (κ1) is 28.1. The molecule has 1 aromatic heterocycles. The Bertz CT molecular complexity index is 1980. The van der Waals surface area contributed by atoms with Crippen molar-refractivity contribution in [1.29, 1.82) is 0 Å². The number of halogens is 1. The number of aromatic nitrogens is 1. The number of carbonyl (C=O) groups excluding carboxylic acids is 1. The molecule has 0 unspecified atom stereocenters. The minimum atomic E-state index is -0.877. The number of esters is 1. The molecular formula is C35H27FN2O4S. The van der Waals surface area contributed by atoms with E-state index in [-0.39, 0.29) is 17.7 Å². The van der Waals surface area contributed by atoms with E-state index < -0.39 is 17.8 Å². The predicted molar refractivity (Wildman–Crippen MR) is 165 cm³/mol. The summed E-state index contributed by atoms with van der Waals surface area (Å²) < 4.78 is 27.5. The molecule has 8 heteroatoms. The van der Waals surface area contributed by atoms with Crippen molar-refractivity contribution in [2.75, 3.05) is 6.61 Å². The normalized spacial score (nSPS) is 14.7. The molecule has 0 N–H and O–H groups in total. The standard InChI is InChI=1S/C35H27FN2O4S/c1-2-41-34(40)30-31(24-13-7-4-8-14-24)37-35-38(32(30)25-17-19-27(36)20-18-25)33(39)29(43-35)21-26-15-9-10-16-28(26)42-22-23-11-5-3-6-12-23/h3-21,32H,2,22H2,1H3/b29-21+/t32-/m1/s1. The van der Waals surface area contributed by atoms with Gasteiger partial charge in [0.25, 0.3) is 5.56 Å². The van der Waals surface area contributed by atoms with E-state index in [1.807, 2.05) is 84.9 Å². The summed E-state index contributed by atoms with van der Waals surface area (Å²) in [6.07, 6.45) is 1.78. The first-order chi connectivity index (χ1) is 21.0. The Morgan fingerprint density at radius 2 is 1.60 bits per heavy atom. The lowest BCUT2D eigenvalue weighted by atomic mass is 9.93. The lowest BCUT2D eigenvalue weighted by molar-refractivity contribution is -0.138. The third-order valence-electron chi connectivity index (χ3n) is 7.00. The molecule has 1 aliphatic rings. The van der Waals surface area contributed by atoms with E-state index >= 15 is 0 Å². The number of thiazole rings is 1. The molecular weight excluding hydrogens is 563 g/mol. The first-order valence-electron chi connectivity index (χ1n) is 13.8. The van der Waals surface area contributed by atoms with Crippen LogP contribution < -0.4 is 19.6 Å². The van der Waals surface area contributed by atoms with Crippen LogP contribution in [0, 0.1) is 5.82 Å². The predicted octanol–water partition coefficient (Wildman–Crippen LogP) is 5.65. The summed E-state index contributed by atoms with van der Waals surface area (Å²) in [7, 11) is 0. The molecule has 0 radical (unpaired) electrons. The second kappa shape index (κ2) is 12.4. The van der Waals surface area contributed by atoms with E-state index in [0.29, 0.717) is 38.5 Å². The molecule has 5 aromatic rings. The fourth-order valence-electron chi connectivity index (χ4n) is 5.01. The maximum absolute atomic E-state index is 14.1. The monoisotopic (exact) mass is 590 g/mol. The highest BCUT2D eigenvalue weighted by atomic mass is 32.1. The van der Waals surface area contributed by atoms with E-state index in [0.717, 1.165) is 11.1 Å². The summed E-state index contributed by atoms with van der Waals surface area (Å²) in [6.45, 7) is 2.24. The highest BCUT2D eigenvalue weighted by Crippen LogP contribution is 2.35. The molecule has 0 spiro atoms. The van der Waals surface area contributed by atoms with Crippen molar-refractivity contribution in [2.45, 2.75) is 19.6 Å². The summed E-state index contributed by atoms with van der Waals surface area (Å²) >= 11 is 1.22. The Hall–Kier alpha value is -5.08. The van der Waals surface area contributed by atoms with Crippen molar-refractivity contribution < 1.29 is 18.7 Å². The molecule has 0 amide bonds. The van der Waals surface area contributed by atoms with Gasteiger partial charge < -0.3 is 9.47 Å². The van der Waals surface area contributed by atoms with Crippen LogP contribution in [0.4, 0.5) is 4.39 Å². The average Bonchev–Trinajstić information content (AvgIpc) is 3.35. The topological polar surface area (TPSA) is 69.9 Å². The lowest BCUT2D eigenvalue weighted by Gasteiger charge is -2.25. The molecule has 0 bridgehead atoms. The van der Waals surface area contributed by atoms with Gasteiger partial charge in [-0.1, -0.05) is 102 Å². The molecule has 2 heterocycles. The van der Waals surface area contributed by atoms with Gasteiger partial charge in [-0.15, -0.1) is 0 Å². The van der Waals surface area contributed by atoms with Gasteiger partial charge in [-0.3, -0.25) is 9.36 Å². The number of rotatable bonds is 8. The molecule has 0 aliphatic carbocycles. The molecule has 0 saturated carbocycles.